The highest BCUT2D eigenvalue weighted by Gasteiger charge is 2.35. The SMILES string of the molecule is CCNC(=NCC1(C)CCCCC1O)NC1CCCC(S(=O)CC)C1.I. The first-order valence-electron chi connectivity index (χ1n) is 10.1. The van der Waals surface area contributed by atoms with Crippen LogP contribution in [-0.4, -0.2) is 51.5 Å². The summed E-state index contributed by atoms with van der Waals surface area (Å²) < 4.78 is 12.1. The smallest absolute Gasteiger partial charge is 0.191 e. The van der Waals surface area contributed by atoms with Crippen LogP contribution in [0.4, 0.5) is 0 Å². The fourth-order valence-corrected chi connectivity index (χ4v) is 5.44. The van der Waals surface area contributed by atoms with Crippen LogP contribution in [0.3, 0.4) is 0 Å². The summed E-state index contributed by atoms with van der Waals surface area (Å²) in [4.78, 5) is 4.80. The molecule has 0 amide bonds. The molecule has 0 radical (unpaired) electrons. The molecule has 0 spiro atoms. The number of aliphatic imine (C=N–C) groups is 1. The van der Waals surface area contributed by atoms with Gasteiger partial charge in [0.05, 0.1) is 12.6 Å². The lowest BCUT2D eigenvalue weighted by atomic mass is 9.73. The molecule has 2 aliphatic carbocycles. The summed E-state index contributed by atoms with van der Waals surface area (Å²) in [5, 5.41) is 17.6. The molecule has 26 heavy (non-hydrogen) atoms. The Bertz CT molecular complexity index is 478. The van der Waals surface area contributed by atoms with E-state index in [9.17, 15) is 9.32 Å². The van der Waals surface area contributed by atoms with Gasteiger partial charge in [-0.05, 0) is 39.0 Å². The first-order valence-corrected chi connectivity index (χ1v) is 11.5. The van der Waals surface area contributed by atoms with E-state index in [1.807, 2.05) is 6.92 Å². The molecule has 5 atom stereocenters. The normalized spacial score (nSPS) is 33.8. The molecule has 0 aromatic rings. The second-order valence-electron chi connectivity index (χ2n) is 7.91. The average Bonchev–Trinajstić information content (AvgIpc) is 2.62. The van der Waals surface area contributed by atoms with E-state index in [0.29, 0.717) is 17.8 Å². The molecule has 5 nitrogen and oxygen atoms in total. The summed E-state index contributed by atoms with van der Waals surface area (Å²) in [5.41, 5.74) is -0.112. The first-order chi connectivity index (χ1) is 12.0. The van der Waals surface area contributed by atoms with E-state index in [4.69, 9.17) is 4.99 Å². The third-order valence-corrected chi connectivity index (χ3v) is 7.59. The molecule has 0 bridgehead atoms. The molecule has 7 heteroatoms. The van der Waals surface area contributed by atoms with Gasteiger partial charge in [-0.25, -0.2) is 0 Å². The Labute approximate surface area is 179 Å². The van der Waals surface area contributed by atoms with Gasteiger partial charge in [0.25, 0.3) is 0 Å². The van der Waals surface area contributed by atoms with Crippen molar-refractivity contribution in [3.05, 3.63) is 0 Å². The minimum atomic E-state index is -0.705. The van der Waals surface area contributed by atoms with Gasteiger partial charge in [0, 0.05) is 39.8 Å². The Morgan fingerprint density at radius 3 is 2.65 bits per heavy atom. The summed E-state index contributed by atoms with van der Waals surface area (Å²) >= 11 is 0. The molecular weight excluding hydrogens is 461 g/mol. The van der Waals surface area contributed by atoms with Crippen molar-refractivity contribution in [2.75, 3.05) is 18.8 Å². The number of aliphatic hydroxyl groups excluding tert-OH is 1. The van der Waals surface area contributed by atoms with Crippen LogP contribution < -0.4 is 10.6 Å². The molecule has 2 saturated carbocycles. The van der Waals surface area contributed by atoms with Crippen molar-refractivity contribution in [1.82, 2.24) is 10.6 Å². The minimum Gasteiger partial charge on any atom is -0.392 e. The third-order valence-electron chi connectivity index (χ3n) is 5.85. The number of rotatable bonds is 6. The number of hydrogen-bond donors (Lipinski definition) is 3. The fourth-order valence-electron chi connectivity index (χ4n) is 4.09. The molecule has 3 N–H and O–H groups in total. The maximum Gasteiger partial charge on any atom is 0.191 e. The van der Waals surface area contributed by atoms with Gasteiger partial charge in [-0.3, -0.25) is 9.20 Å². The van der Waals surface area contributed by atoms with E-state index in [1.165, 1.54) is 6.42 Å². The van der Waals surface area contributed by atoms with Crippen LogP contribution in [0.2, 0.25) is 0 Å². The van der Waals surface area contributed by atoms with Gasteiger partial charge in [-0.15, -0.1) is 24.0 Å². The zero-order chi connectivity index (χ0) is 18.3. The van der Waals surface area contributed by atoms with E-state index in [0.717, 1.165) is 63.2 Å². The lowest BCUT2D eigenvalue weighted by Gasteiger charge is -2.37. The maximum atomic E-state index is 12.1. The van der Waals surface area contributed by atoms with Crippen LogP contribution in [0.1, 0.15) is 72.1 Å². The zero-order valence-corrected chi connectivity index (χ0v) is 19.8. The van der Waals surface area contributed by atoms with Gasteiger partial charge in [-0.2, -0.15) is 0 Å². The predicted octanol–water partition coefficient (Wildman–Crippen LogP) is 3.18. The number of halogens is 1. The Hall–Kier alpha value is 0.110. The van der Waals surface area contributed by atoms with Crippen LogP contribution in [0, 0.1) is 5.41 Å². The van der Waals surface area contributed by atoms with Crippen molar-refractivity contribution in [2.24, 2.45) is 10.4 Å². The third kappa shape index (κ3) is 6.93. The molecule has 0 aromatic heterocycles. The van der Waals surface area contributed by atoms with Crippen molar-refractivity contribution >= 4 is 40.7 Å². The topological polar surface area (TPSA) is 73.7 Å². The van der Waals surface area contributed by atoms with Gasteiger partial charge in [-0.1, -0.05) is 33.1 Å². The van der Waals surface area contributed by atoms with Gasteiger partial charge < -0.3 is 15.7 Å². The summed E-state index contributed by atoms with van der Waals surface area (Å²) in [6, 6.07) is 0.344. The minimum absolute atomic E-state index is 0. The van der Waals surface area contributed by atoms with Crippen LogP contribution in [0.15, 0.2) is 4.99 Å². The van der Waals surface area contributed by atoms with Crippen LogP contribution in [0.5, 0.6) is 0 Å². The molecule has 2 aliphatic rings. The average molecular weight is 500 g/mol. The van der Waals surface area contributed by atoms with Crippen molar-refractivity contribution in [3.63, 3.8) is 0 Å². The zero-order valence-electron chi connectivity index (χ0n) is 16.6. The van der Waals surface area contributed by atoms with E-state index in [-0.39, 0.29) is 35.5 Å². The lowest BCUT2D eigenvalue weighted by molar-refractivity contribution is 0.00715. The van der Waals surface area contributed by atoms with E-state index < -0.39 is 10.8 Å². The second-order valence-corrected chi connectivity index (χ2v) is 9.92. The standard InChI is InChI=1S/C19H37N3O2S.HI/c1-4-20-18(21-14-19(3)12-7-6-11-17(19)23)22-15-9-8-10-16(13-15)25(24)5-2;/h15-17,23H,4-14H2,1-3H3,(H2,20,21,22);1H. The Morgan fingerprint density at radius 2 is 2.00 bits per heavy atom. The summed E-state index contributed by atoms with van der Waals surface area (Å²) in [6.07, 6.45) is 8.27. The highest BCUT2D eigenvalue weighted by atomic mass is 127. The Morgan fingerprint density at radius 1 is 1.23 bits per heavy atom. The highest BCUT2D eigenvalue weighted by Crippen LogP contribution is 2.36. The molecule has 2 rings (SSSR count). The molecule has 0 heterocycles. The Kier molecular flexibility index (Phi) is 11.0. The molecule has 0 aliphatic heterocycles. The van der Waals surface area contributed by atoms with Crippen LogP contribution in [0.25, 0.3) is 0 Å². The van der Waals surface area contributed by atoms with Crippen molar-refractivity contribution < 1.29 is 9.32 Å². The maximum absolute atomic E-state index is 12.1. The number of guanidine groups is 1. The van der Waals surface area contributed by atoms with E-state index in [2.05, 4.69) is 24.5 Å². The van der Waals surface area contributed by atoms with Crippen molar-refractivity contribution in [1.29, 1.82) is 0 Å². The Balaban J connectivity index is 0.00000338. The summed E-state index contributed by atoms with van der Waals surface area (Å²) in [6.45, 7) is 7.71. The van der Waals surface area contributed by atoms with Crippen molar-refractivity contribution in [2.45, 2.75) is 89.5 Å². The molecule has 154 valence electrons. The van der Waals surface area contributed by atoms with Gasteiger partial charge in [0.2, 0.25) is 0 Å². The predicted molar refractivity (Wildman–Crippen MR) is 122 cm³/mol. The first kappa shape index (κ1) is 24.1. The quantitative estimate of drug-likeness (QED) is 0.298. The molecule has 2 fully saturated rings. The molecule has 5 unspecified atom stereocenters. The highest BCUT2D eigenvalue weighted by molar-refractivity contribution is 14.0. The lowest BCUT2D eigenvalue weighted by Crippen LogP contribution is -2.47. The van der Waals surface area contributed by atoms with Crippen LogP contribution in [-0.2, 0) is 10.8 Å². The number of nitrogens with one attached hydrogen (secondary N) is 2. The van der Waals surface area contributed by atoms with E-state index in [1.54, 1.807) is 0 Å². The number of hydrogen-bond acceptors (Lipinski definition) is 3. The summed E-state index contributed by atoms with van der Waals surface area (Å²) in [5.74, 6) is 1.59. The molecular formula is C19H38IN3O2S. The summed E-state index contributed by atoms with van der Waals surface area (Å²) in [7, 11) is -0.705. The number of nitrogens with zero attached hydrogens (tertiary/aromatic N) is 1. The van der Waals surface area contributed by atoms with Crippen molar-refractivity contribution in [3.8, 4) is 0 Å². The molecule has 0 aromatic carbocycles. The molecule has 0 saturated heterocycles. The largest absolute Gasteiger partial charge is 0.392 e. The second kappa shape index (κ2) is 11.8. The van der Waals surface area contributed by atoms with Gasteiger partial charge >= 0.3 is 0 Å². The van der Waals surface area contributed by atoms with Gasteiger partial charge in [0.1, 0.15) is 0 Å². The van der Waals surface area contributed by atoms with Crippen LogP contribution >= 0.6 is 24.0 Å². The van der Waals surface area contributed by atoms with E-state index >= 15 is 0 Å². The number of aliphatic hydroxyl groups is 1. The van der Waals surface area contributed by atoms with Gasteiger partial charge in [0.15, 0.2) is 5.96 Å². The fraction of sp³-hybridized carbons (Fsp3) is 0.947. The monoisotopic (exact) mass is 499 g/mol.